The molecular weight excluding hydrogens is 240 g/mol. The van der Waals surface area contributed by atoms with Crippen LogP contribution < -0.4 is 0 Å². The van der Waals surface area contributed by atoms with Crippen molar-refractivity contribution in [3.8, 4) is 6.07 Å². The van der Waals surface area contributed by atoms with Crippen molar-refractivity contribution in [1.82, 2.24) is 5.06 Å². The average Bonchev–Trinajstić information content (AvgIpc) is 2.97. The first-order chi connectivity index (χ1) is 8.24. The van der Waals surface area contributed by atoms with Crippen molar-refractivity contribution in [2.45, 2.75) is 16.9 Å². The van der Waals surface area contributed by atoms with Crippen molar-refractivity contribution < 1.29 is 14.4 Å². The Kier molecular flexibility index (Phi) is 2.45. The largest absolute Gasteiger partial charge is 0.272 e. The molecule has 3 rings (SSSR count). The maximum atomic E-state index is 12.0. The minimum atomic E-state index is -0.260. The summed E-state index contributed by atoms with van der Waals surface area (Å²) in [5.41, 5.74) is 0. The summed E-state index contributed by atoms with van der Waals surface area (Å²) < 4.78 is 0. The minimum absolute atomic E-state index is 0.0866. The summed E-state index contributed by atoms with van der Waals surface area (Å²) in [6, 6.07) is 1.91. The van der Waals surface area contributed by atoms with Crippen molar-refractivity contribution in [2.24, 2.45) is 11.8 Å². The van der Waals surface area contributed by atoms with Gasteiger partial charge in [-0.1, -0.05) is 12.2 Å². The zero-order chi connectivity index (χ0) is 12.0. The van der Waals surface area contributed by atoms with Crippen molar-refractivity contribution in [2.75, 3.05) is 6.61 Å². The van der Waals surface area contributed by atoms with Gasteiger partial charge in [0.25, 0.3) is 11.8 Å². The lowest BCUT2D eigenvalue weighted by atomic mass is 9.85. The lowest BCUT2D eigenvalue weighted by Gasteiger charge is -2.15. The van der Waals surface area contributed by atoms with E-state index in [-0.39, 0.29) is 47.2 Å². The van der Waals surface area contributed by atoms with Gasteiger partial charge in [0.1, 0.15) is 0 Å². The third kappa shape index (κ3) is 1.43. The van der Waals surface area contributed by atoms with E-state index in [9.17, 15) is 9.59 Å². The smallest absolute Gasteiger partial charge is 0.258 e. The minimum Gasteiger partial charge on any atom is -0.272 e. The Morgan fingerprint density at radius 2 is 1.88 bits per heavy atom. The van der Waals surface area contributed by atoms with Gasteiger partial charge >= 0.3 is 0 Å². The monoisotopic (exact) mass is 250 g/mol. The van der Waals surface area contributed by atoms with Gasteiger partial charge in [-0.2, -0.15) is 10.3 Å². The summed E-state index contributed by atoms with van der Waals surface area (Å²) in [7, 11) is 0. The van der Waals surface area contributed by atoms with Gasteiger partial charge in [-0.15, -0.1) is 11.8 Å². The molecule has 4 atom stereocenters. The van der Waals surface area contributed by atoms with E-state index in [2.05, 4.69) is 0 Å². The zero-order valence-corrected chi connectivity index (χ0v) is 9.72. The summed E-state index contributed by atoms with van der Waals surface area (Å²) in [5, 5.41) is 9.50. The fraction of sp³-hybridized carbons (Fsp3) is 0.545. The molecule has 0 aromatic carbocycles. The number of nitriles is 1. The standard InChI is InChI=1S/C11H10N2O3S/c12-4-1-5-16-13-10(14)8-6-2-3-7(17-6)9(8)11(13)15/h2-3,6-9H,1,5H2. The molecule has 3 aliphatic heterocycles. The van der Waals surface area contributed by atoms with Crippen LogP contribution in [0.3, 0.4) is 0 Å². The van der Waals surface area contributed by atoms with Crippen LogP contribution in [0.5, 0.6) is 0 Å². The molecule has 0 aromatic heterocycles. The summed E-state index contributed by atoms with van der Waals surface area (Å²) >= 11 is 1.67. The molecule has 2 amide bonds. The second-order valence-electron chi connectivity index (χ2n) is 4.21. The fourth-order valence-corrected chi connectivity index (χ4v) is 4.22. The van der Waals surface area contributed by atoms with E-state index in [1.165, 1.54) is 0 Å². The summed E-state index contributed by atoms with van der Waals surface area (Å²) in [5.74, 6) is -1.02. The molecule has 2 saturated heterocycles. The number of nitrogens with zero attached hydrogens (tertiary/aromatic N) is 2. The SMILES string of the molecule is N#CCCON1C(=O)C2C3C=CC(S3)C2C1=O. The molecule has 88 valence electrons. The normalized spacial score (nSPS) is 37.7. The summed E-state index contributed by atoms with van der Waals surface area (Å²) in [6.45, 7) is 0.0866. The molecule has 0 aliphatic carbocycles. The highest BCUT2D eigenvalue weighted by Gasteiger charge is 2.60. The molecular formula is C11H10N2O3S. The molecule has 2 bridgehead atoms. The number of hydrogen-bond donors (Lipinski definition) is 0. The lowest BCUT2D eigenvalue weighted by Crippen LogP contribution is -2.33. The summed E-state index contributed by atoms with van der Waals surface area (Å²) in [4.78, 5) is 29.2. The fourth-order valence-electron chi connectivity index (χ4n) is 2.59. The first-order valence-electron chi connectivity index (χ1n) is 5.45. The van der Waals surface area contributed by atoms with Gasteiger partial charge in [0.15, 0.2) is 0 Å². The van der Waals surface area contributed by atoms with Gasteiger partial charge in [0.05, 0.1) is 30.9 Å². The second kappa shape index (κ2) is 3.86. The predicted molar refractivity (Wildman–Crippen MR) is 59.3 cm³/mol. The number of carbonyl (C=O) groups is 2. The Morgan fingerprint density at radius 1 is 1.29 bits per heavy atom. The van der Waals surface area contributed by atoms with E-state index >= 15 is 0 Å². The highest BCUT2D eigenvalue weighted by molar-refractivity contribution is 8.01. The zero-order valence-electron chi connectivity index (χ0n) is 8.91. The molecule has 3 aliphatic rings. The number of thioether (sulfide) groups is 1. The molecule has 0 N–H and O–H groups in total. The Hall–Kier alpha value is -1.32. The van der Waals surface area contributed by atoms with Gasteiger partial charge in [-0.3, -0.25) is 14.4 Å². The van der Waals surface area contributed by atoms with Crippen molar-refractivity contribution >= 4 is 23.6 Å². The quantitative estimate of drug-likeness (QED) is 0.414. The molecule has 3 heterocycles. The van der Waals surface area contributed by atoms with Gasteiger partial charge < -0.3 is 0 Å². The van der Waals surface area contributed by atoms with Gasteiger partial charge in [0, 0.05) is 10.5 Å². The number of hydrogen-bond acceptors (Lipinski definition) is 5. The first-order valence-corrected chi connectivity index (χ1v) is 6.40. The second-order valence-corrected chi connectivity index (χ2v) is 5.57. The van der Waals surface area contributed by atoms with Crippen LogP contribution in [0, 0.1) is 23.2 Å². The predicted octanol–water partition coefficient (Wildman–Crippen LogP) is 0.487. The van der Waals surface area contributed by atoms with Crippen LogP contribution in [0.1, 0.15) is 6.42 Å². The van der Waals surface area contributed by atoms with E-state index < -0.39 is 0 Å². The molecule has 0 spiro atoms. The van der Waals surface area contributed by atoms with Gasteiger partial charge in [0.2, 0.25) is 0 Å². The van der Waals surface area contributed by atoms with E-state index in [4.69, 9.17) is 10.1 Å². The van der Waals surface area contributed by atoms with Crippen molar-refractivity contribution in [3.05, 3.63) is 12.2 Å². The number of imide groups is 1. The van der Waals surface area contributed by atoms with Crippen LogP contribution in [-0.4, -0.2) is 34.0 Å². The number of hydroxylamine groups is 2. The maximum absolute atomic E-state index is 12.0. The van der Waals surface area contributed by atoms with E-state index in [1.807, 2.05) is 18.2 Å². The Bertz CT molecular complexity index is 426. The Labute approximate surface area is 102 Å². The van der Waals surface area contributed by atoms with Crippen LogP contribution in [0.25, 0.3) is 0 Å². The van der Waals surface area contributed by atoms with E-state index in [0.717, 1.165) is 5.06 Å². The number of rotatable bonds is 3. The van der Waals surface area contributed by atoms with E-state index in [1.54, 1.807) is 11.8 Å². The summed E-state index contributed by atoms with van der Waals surface area (Å²) in [6.07, 6.45) is 4.17. The lowest BCUT2D eigenvalue weighted by molar-refractivity contribution is -0.188. The topological polar surface area (TPSA) is 70.4 Å². The molecule has 17 heavy (non-hydrogen) atoms. The Balaban J connectivity index is 1.76. The Morgan fingerprint density at radius 3 is 2.41 bits per heavy atom. The molecule has 2 fully saturated rings. The van der Waals surface area contributed by atoms with Crippen LogP contribution in [-0.2, 0) is 14.4 Å². The highest BCUT2D eigenvalue weighted by Crippen LogP contribution is 2.53. The number of carbonyl (C=O) groups excluding carboxylic acids is 2. The molecule has 6 heteroatoms. The third-order valence-electron chi connectivity index (χ3n) is 3.30. The molecule has 0 aromatic rings. The molecule has 5 nitrogen and oxygen atoms in total. The highest BCUT2D eigenvalue weighted by atomic mass is 32.2. The first kappa shape index (κ1) is 10.8. The van der Waals surface area contributed by atoms with Crippen LogP contribution in [0.2, 0.25) is 0 Å². The average molecular weight is 250 g/mol. The molecule has 0 radical (unpaired) electrons. The third-order valence-corrected chi connectivity index (χ3v) is 4.83. The van der Waals surface area contributed by atoms with Crippen molar-refractivity contribution in [3.63, 3.8) is 0 Å². The van der Waals surface area contributed by atoms with E-state index in [0.29, 0.717) is 0 Å². The van der Waals surface area contributed by atoms with Crippen LogP contribution in [0.15, 0.2) is 12.2 Å². The van der Waals surface area contributed by atoms with Gasteiger partial charge in [-0.05, 0) is 0 Å². The van der Waals surface area contributed by atoms with Crippen molar-refractivity contribution in [1.29, 1.82) is 5.26 Å². The number of amides is 2. The molecule has 0 saturated carbocycles. The van der Waals surface area contributed by atoms with Crippen LogP contribution >= 0.6 is 11.8 Å². The number of fused-ring (bicyclic) bond motifs is 5. The van der Waals surface area contributed by atoms with Crippen LogP contribution in [0.4, 0.5) is 0 Å². The van der Waals surface area contributed by atoms with Gasteiger partial charge in [-0.25, -0.2) is 0 Å². The maximum Gasteiger partial charge on any atom is 0.258 e. The molecule has 4 unspecified atom stereocenters.